The van der Waals surface area contributed by atoms with Crippen LogP contribution < -0.4 is 15.5 Å². The van der Waals surface area contributed by atoms with E-state index in [1.807, 2.05) is 29.3 Å². The number of carbonyl (C=O) groups is 1. The van der Waals surface area contributed by atoms with E-state index < -0.39 is 0 Å². The summed E-state index contributed by atoms with van der Waals surface area (Å²) in [6, 6.07) is 12.3. The van der Waals surface area contributed by atoms with E-state index >= 15 is 0 Å². The molecule has 2 aliphatic rings. The fourth-order valence-electron chi connectivity index (χ4n) is 4.65. The molecule has 2 aromatic heterocycles. The maximum atomic E-state index is 11.9. The van der Waals surface area contributed by atoms with Crippen LogP contribution in [0.25, 0.3) is 10.8 Å². The Hall–Kier alpha value is -3.61. The Morgan fingerprint density at radius 3 is 2.68 bits per heavy atom. The SMILES string of the molecule is C=CC(=O)N1CCN(c2ccnc3c2CCN(c2nc(N)cc4ccccc24)C3)CC1. The average Bonchev–Trinajstić information content (AvgIpc) is 2.82. The number of amides is 1. The fourth-order valence-corrected chi connectivity index (χ4v) is 4.65. The van der Waals surface area contributed by atoms with E-state index in [1.54, 1.807) is 0 Å². The van der Waals surface area contributed by atoms with E-state index in [0.29, 0.717) is 25.5 Å². The minimum absolute atomic E-state index is 0.00825. The summed E-state index contributed by atoms with van der Waals surface area (Å²) in [7, 11) is 0. The smallest absolute Gasteiger partial charge is 0.246 e. The predicted octanol–water partition coefficient (Wildman–Crippen LogP) is 2.61. The molecule has 31 heavy (non-hydrogen) atoms. The van der Waals surface area contributed by atoms with E-state index in [4.69, 9.17) is 10.7 Å². The summed E-state index contributed by atoms with van der Waals surface area (Å²) >= 11 is 0. The second kappa shape index (κ2) is 7.91. The lowest BCUT2D eigenvalue weighted by Crippen LogP contribution is -2.48. The van der Waals surface area contributed by atoms with Gasteiger partial charge in [0.25, 0.3) is 0 Å². The van der Waals surface area contributed by atoms with Crippen LogP contribution >= 0.6 is 0 Å². The Morgan fingerprint density at radius 2 is 1.87 bits per heavy atom. The summed E-state index contributed by atoms with van der Waals surface area (Å²) < 4.78 is 0. The van der Waals surface area contributed by atoms with Gasteiger partial charge in [-0.25, -0.2) is 4.98 Å². The number of anilines is 3. The van der Waals surface area contributed by atoms with Crippen molar-refractivity contribution in [2.75, 3.05) is 48.3 Å². The second-order valence-electron chi connectivity index (χ2n) is 8.04. The number of nitrogens with two attached hydrogens (primary N) is 1. The second-order valence-corrected chi connectivity index (χ2v) is 8.04. The molecular formula is C24H26N6O. The zero-order chi connectivity index (χ0) is 21.4. The lowest BCUT2D eigenvalue weighted by Gasteiger charge is -2.38. The van der Waals surface area contributed by atoms with Gasteiger partial charge < -0.3 is 20.4 Å². The van der Waals surface area contributed by atoms with E-state index in [1.165, 1.54) is 17.3 Å². The molecule has 1 saturated heterocycles. The van der Waals surface area contributed by atoms with Gasteiger partial charge in [0, 0.05) is 55.6 Å². The van der Waals surface area contributed by atoms with Crippen LogP contribution in [0, 0.1) is 0 Å². The van der Waals surface area contributed by atoms with Crippen molar-refractivity contribution >= 4 is 34.0 Å². The van der Waals surface area contributed by atoms with Crippen LogP contribution in [0.4, 0.5) is 17.3 Å². The monoisotopic (exact) mass is 414 g/mol. The number of piperazine rings is 1. The summed E-state index contributed by atoms with van der Waals surface area (Å²) in [4.78, 5) is 27.8. The molecule has 2 aliphatic heterocycles. The molecule has 0 saturated carbocycles. The summed E-state index contributed by atoms with van der Waals surface area (Å²) in [5, 5.41) is 2.21. The Balaban J connectivity index is 1.40. The van der Waals surface area contributed by atoms with Crippen molar-refractivity contribution in [1.29, 1.82) is 0 Å². The molecule has 0 atom stereocenters. The highest BCUT2D eigenvalue weighted by molar-refractivity contribution is 5.94. The Labute approximate surface area is 181 Å². The first-order chi connectivity index (χ1) is 15.1. The van der Waals surface area contributed by atoms with E-state index in [2.05, 4.69) is 39.6 Å². The lowest BCUT2D eigenvalue weighted by atomic mass is 10.0. The van der Waals surface area contributed by atoms with Crippen molar-refractivity contribution in [3.8, 4) is 0 Å². The van der Waals surface area contributed by atoms with Gasteiger partial charge in [0.2, 0.25) is 5.91 Å². The topological polar surface area (TPSA) is 78.6 Å². The largest absolute Gasteiger partial charge is 0.384 e. The first-order valence-electron chi connectivity index (χ1n) is 10.7. The van der Waals surface area contributed by atoms with Gasteiger partial charge in [0.15, 0.2) is 0 Å². The van der Waals surface area contributed by atoms with Gasteiger partial charge in [-0.2, -0.15) is 0 Å². The van der Waals surface area contributed by atoms with Crippen molar-refractivity contribution in [2.24, 2.45) is 0 Å². The Bertz CT molecular complexity index is 1150. The highest BCUT2D eigenvalue weighted by Gasteiger charge is 2.26. The van der Waals surface area contributed by atoms with Crippen molar-refractivity contribution in [1.82, 2.24) is 14.9 Å². The highest BCUT2D eigenvalue weighted by atomic mass is 16.2. The Kier molecular flexibility index (Phi) is 4.94. The molecule has 2 N–H and O–H groups in total. The van der Waals surface area contributed by atoms with Crippen LogP contribution in [0.15, 0.2) is 55.3 Å². The van der Waals surface area contributed by atoms with E-state index in [9.17, 15) is 4.79 Å². The standard InChI is InChI=1S/C24H26N6O/c1-2-23(31)29-13-11-28(12-14-29)21-7-9-26-20-16-30(10-8-19(20)21)24-18-6-4-3-5-17(18)15-22(25)27-24/h2-7,9,15H,1,8,10-14,16H2,(H2,25,27). The molecule has 0 radical (unpaired) electrons. The zero-order valence-corrected chi connectivity index (χ0v) is 17.5. The molecule has 4 heterocycles. The summed E-state index contributed by atoms with van der Waals surface area (Å²) in [6.45, 7) is 8.24. The Morgan fingerprint density at radius 1 is 1.06 bits per heavy atom. The lowest BCUT2D eigenvalue weighted by molar-refractivity contribution is -0.126. The van der Waals surface area contributed by atoms with Crippen LogP contribution in [-0.2, 0) is 17.8 Å². The van der Waals surface area contributed by atoms with E-state index in [-0.39, 0.29) is 5.91 Å². The zero-order valence-electron chi connectivity index (χ0n) is 17.5. The number of hydrogen-bond acceptors (Lipinski definition) is 6. The van der Waals surface area contributed by atoms with Crippen molar-refractivity contribution in [2.45, 2.75) is 13.0 Å². The molecule has 7 heteroatoms. The molecule has 3 aromatic rings. The molecule has 0 spiro atoms. The maximum Gasteiger partial charge on any atom is 0.246 e. The van der Waals surface area contributed by atoms with E-state index in [0.717, 1.165) is 48.3 Å². The number of benzene rings is 1. The number of pyridine rings is 2. The number of nitrogens with zero attached hydrogens (tertiary/aromatic N) is 5. The quantitative estimate of drug-likeness (QED) is 0.664. The van der Waals surface area contributed by atoms with Crippen LogP contribution in [0.2, 0.25) is 0 Å². The van der Waals surface area contributed by atoms with Gasteiger partial charge in [-0.3, -0.25) is 9.78 Å². The van der Waals surface area contributed by atoms with Crippen molar-refractivity contribution in [3.63, 3.8) is 0 Å². The first-order valence-corrected chi connectivity index (χ1v) is 10.7. The first kappa shape index (κ1) is 19.4. The maximum absolute atomic E-state index is 11.9. The normalized spacial score (nSPS) is 16.3. The minimum atomic E-state index is 0.00825. The molecule has 1 amide bonds. The summed E-state index contributed by atoms with van der Waals surface area (Å²) in [5.74, 6) is 1.46. The van der Waals surface area contributed by atoms with Gasteiger partial charge in [-0.05, 0) is 30.0 Å². The number of aromatic nitrogens is 2. The molecule has 5 rings (SSSR count). The van der Waals surface area contributed by atoms with Crippen LogP contribution in [0.1, 0.15) is 11.3 Å². The minimum Gasteiger partial charge on any atom is -0.384 e. The predicted molar refractivity (Wildman–Crippen MR) is 124 cm³/mol. The molecular weight excluding hydrogens is 388 g/mol. The number of fused-ring (bicyclic) bond motifs is 2. The number of hydrogen-bond donors (Lipinski definition) is 1. The van der Waals surface area contributed by atoms with Gasteiger partial charge in [-0.15, -0.1) is 0 Å². The van der Waals surface area contributed by atoms with Gasteiger partial charge in [0.1, 0.15) is 11.6 Å². The highest BCUT2D eigenvalue weighted by Crippen LogP contribution is 2.33. The molecule has 7 nitrogen and oxygen atoms in total. The average molecular weight is 415 g/mol. The molecule has 158 valence electrons. The fraction of sp³-hybridized carbons (Fsp3) is 0.292. The van der Waals surface area contributed by atoms with Gasteiger partial charge >= 0.3 is 0 Å². The number of carbonyl (C=O) groups excluding carboxylic acids is 1. The van der Waals surface area contributed by atoms with Gasteiger partial charge in [0.05, 0.1) is 12.2 Å². The number of nitrogen functional groups attached to an aromatic ring is 1. The van der Waals surface area contributed by atoms with Gasteiger partial charge in [-0.1, -0.05) is 30.8 Å². The third-order valence-corrected chi connectivity index (χ3v) is 6.24. The van der Waals surface area contributed by atoms with Crippen LogP contribution in [0.5, 0.6) is 0 Å². The summed E-state index contributed by atoms with van der Waals surface area (Å²) in [5.41, 5.74) is 9.72. The summed E-state index contributed by atoms with van der Waals surface area (Å²) in [6.07, 6.45) is 4.19. The molecule has 0 aliphatic carbocycles. The third-order valence-electron chi connectivity index (χ3n) is 6.24. The number of rotatable bonds is 3. The van der Waals surface area contributed by atoms with Crippen LogP contribution in [0.3, 0.4) is 0 Å². The van der Waals surface area contributed by atoms with Crippen molar-refractivity contribution in [3.05, 3.63) is 66.5 Å². The molecule has 0 bridgehead atoms. The van der Waals surface area contributed by atoms with Crippen molar-refractivity contribution < 1.29 is 4.79 Å². The molecule has 1 fully saturated rings. The molecule has 1 aromatic carbocycles. The third kappa shape index (κ3) is 3.56. The van der Waals surface area contributed by atoms with Crippen LogP contribution in [-0.4, -0.2) is 53.5 Å². The molecule has 0 unspecified atom stereocenters.